The summed E-state index contributed by atoms with van der Waals surface area (Å²) in [6.07, 6.45) is 0. The van der Waals surface area contributed by atoms with Gasteiger partial charge in [0.15, 0.2) is 0 Å². The van der Waals surface area contributed by atoms with E-state index in [0.29, 0.717) is 10.0 Å². The summed E-state index contributed by atoms with van der Waals surface area (Å²) in [5, 5.41) is 6.69. The summed E-state index contributed by atoms with van der Waals surface area (Å²) in [5.41, 5.74) is 2.30. The first-order valence-electron chi connectivity index (χ1n) is 5.33. The molecule has 0 radical (unpaired) electrons. The molecule has 0 saturated heterocycles. The third-order valence-corrected chi connectivity index (χ3v) is 4.54. The number of halogens is 2. The monoisotopic (exact) mass is 285 g/mol. The Bertz CT molecular complexity index is 522. The molecule has 0 fully saturated rings. The maximum atomic E-state index is 5.98. The summed E-state index contributed by atoms with van der Waals surface area (Å²) in [7, 11) is 0. The molecule has 17 heavy (non-hydrogen) atoms. The zero-order chi connectivity index (χ0) is 12.4. The van der Waals surface area contributed by atoms with Crippen molar-refractivity contribution in [3.63, 3.8) is 0 Å². The van der Waals surface area contributed by atoms with Crippen molar-refractivity contribution in [1.82, 2.24) is 0 Å². The highest BCUT2D eigenvalue weighted by atomic mass is 35.5. The second kappa shape index (κ2) is 5.30. The minimum atomic E-state index is 0.271. The van der Waals surface area contributed by atoms with Crippen molar-refractivity contribution in [2.75, 3.05) is 5.32 Å². The van der Waals surface area contributed by atoms with Gasteiger partial charge in [0.25, 0.3) is 0 Å². The van der Waals surface area contributed by atoms with Gasteiger partial charge in [0.2, 0.25) is 0 Å². The van der Waals surface area contributed by atoms with Gasteiger partial charge in [-0.25, -0.2) is 0 Å². The lowest BCUT2D eigenvalue weighted by Gasteiger charge is -2.15. The fourth-order valence-electron chi connectivity index (χ4n) is 1.73. The number of anilines is 1. The summed E-state index contributed by atoms with van der Waals surface area (Å²) in [4.78, 5) is 1.34. The first kappa shape index (κ1) is 12.7. The van der Waals surface area contributed by atoms with Crippen molar-refractivity contribution in [3.05, 3.63) is 50.1 Å². The quantitative estimate of drug-likeness (QED) is 0.781. The average molecular weight is 286 g/mol. The summed E-state index contributed by atoms with van der Waals surface area (Å²) in [6, 6.07) is 8.00. The molecule has 1 aromatic carbocycles. The molecule has 0 amide bonds. The Labute approximate surface area is 115 Å². The Morgan fingerprint density at radius 2 is 1.94 bits per heavy atom. The van der Waals surface area contributed by atoms with Gasteiger partial charge in [-0.1, -0.05) is 23.2 Å². The van der Waals surface area contributed by atoms with Gasteiger partial charge in [-0.2, -0.15) is 0 Å². The Morgan fingerprint density at radius 3 is 2.53 bits per heavy atom. The van der Waals surface area contributed by atoms with Crippen molar-refractivity contribution >= 4 is 40.2 Å². The Kier molecular flexibility index (Phi) is 3.97. The fraction of sp³-hybridized carbons (Fsp3) is 0.231. The summed E-state index contributed by atoms with van der Waals surface area (Å²) >= 11 is 13.6. The first-order valence-corrected chi connectivity index (χ1v) is 6.97. The van der Waals surface area contributed by atoms with Gasteiger partial charge >= 0.3 is 0 Å². The molecule has 4 heteroatoms. The molecule has 90 valence electrons. The van der Waals surface area contributed by atoms with Crippen LogP contribution in [0, 0.1) is 6.92 Å². The van der Waals surface area contributed by atoms with E-state index >= 15 is 0 Å². The third kappa shape index (κ3) is 2.95. The summed E-state index contributed by atoms with van der Waals surface area (Å²) in [6.45, 7) is 4.26. The van der Waals surface area contributed by atoms with Gasteiger partial charge in [0.05, 0.1) is 16.1 Å². The van der Waals surface area contributed by atoms with Crippen LogP contribution in [0.15, 0.2) is 29.6 Å². The van der Waals surface area contributed by atoms with Crippen LogP contribution in [0.4, 0.5) is 5.69 Å². The molecule has 1 nitrogen and oxygen atoms in total. The molecule has 2 rings (SSSR count). The Balaban J connectivity index is 2.16. The molecule has 1 atom stereocenters. The van der Waals surface area contributed by atoms with E-state index in [1.165, 1.54) is 10.4 Å². The van der Waals surface area contributed by atoms with Crippen LogP contribution < -0.4 is 5.32 Å². The average Bonchev–Trinajstić information content (AvgIpc) is 2.70. The molecular weight excluding hydrogens is 273 g/mol. The van der Waals surface area contributed by atoms with Crippen LogP contribution in [-0.2, 0) is 0 Å². The predicted octanol–water partition coefficient (Wildman–Crippen LogP) is 5.54. The van der Waals surface area contributed by atoms with Crippen LogP contribution >= 0.6 is 34.5 Å². The lowest BCUT2D eigenvalue weighted by Crippen LogP contribution is -2.05. The summed E-state index contributed by atoms with van der Waals surface area (Å²) < 4.78 is 0. The normalized spacial score (nSPS) is 12.5. The number of hydrogen-bond donors (Lipinski definition) is 1. The third-order valence-electron chi connectivity index (χ3n) is 2.60. The zero-order valence-corrected chi connectivity index (χ0v) is 12.0. The van der Waals surface area contributed by atoms with Crippen molar-refractivity contribution in [2.45, 2.75) is 19.9 Å². The van der Waals surface area contributed by atoms with E-state index in [1.54, 1.807) is 17.4 Å². The molecule has 0 spiro atoms. The number of nitrogens with one attached hydrogen (secondary N) is 1. The van der Waals surface area contributed by atoms with E-state index in [9.17, 15) is 0 Å². The second-order valence-corrected chi connectivity index (χ2v) is 5.72. The summed E-state index contributed by atoms with van der Waals surface area (Å²) in [5.74, 6) is 0. The number of thiophene rings is 1. The van der Waals surface area contributed by atoms with Crippen LogP contribution in [0.5, 0.6) is 0 Å². The van der Waals surface area contributed by atoms with Crippen molar-refractivity contribution < 1.29 is 0 Å². The highest BCUT2D eigenvalue weighted by molar-refractivity contribution is 7.10. The van der Waals surface area contributed by atoms with Gasteiger partial charge in [0.1, 0.15) is 0 Å². The van der Waals surface area contributed by atoms with E-state index in [0.717, 1.165) is 5.69 Å². The maximum Gasteiger partial charge on any atom is 0.0612 e. The molecule has 1 heterocycles. The highest BCUT2D eigenvalue weighted by Crippen LogP contribution is 2.30. The smallest absolute Gasteiger partial charge is 0.0612 e. The predicted molar refractivity (Wildman–Crippen MR) is 77.6 cm³/mol. The van der Waals surface area contributed by atoms with Gasteiger partial charge in [0, 0.05) is 10.6 Å². The second-order valence-electron chi connectivity index (χ2n) is 3.96. The van der Waals surface area contributed by atoms with E-state index in [1.807, 2.05) is 12.1 Å². The maximum absolute atomic E-state index is 5.98. The topological polar surface area (TPSA) is 12.0 Å². The van der Waals surface area contributed by atoms with Crippen LogP contribution in [-0.4, -0.2) is 0 Å². The lowest BCUT2D eigenvalue weighted by atomic mass is 10.2. The van der Waals surface area contributed by atoms with Gasteiger partial charge in [-0.3, -0.25) is 0 Å². The molecular formula is C13H13Cl2NS. The van der Waals surface area contributed by atoms with Crippen molar-refractivity contribution in [1.29, 1.82) is 0 Å². The standard InChI is InChI=1S/C13H13Cl2NS/c1-8-5-6-17-13(8)9(2)16-10-3-4-11(14)12(15)7-10/h3-7,9,16H,1-2H3. The molecule has 1 aromatic heterocycles. The molecule has 0 bridgehead atoms. The number of rotatable bonds is 3. The Hall–Kier alpha value is -0.700. The minimum Gasteiger partial charge on any atom is -0.378 e. The molecule has 1 N–H and O–H groups in total. The van der Waals surface area contributed by atoms with Crippen LogP contribution in [0.25, 0.3) is 0 Å². The molecule has 2 aromatic rings. The van der Waals surface area contributed by atoms with Crippen LogP contribution in [0.2, 0.25) is 10.0 Å². The van der Waals surface area contributed by atoms with Crippen molar-refractivity contribution in [3.8, 4) is 0 Å². The van der Waals surface area contributed by atoms with Crippen molar-refractivity contribution in [2.24, 2.45) is 0 Å². The lowest BCUT2D eigenvalue weighted by molar-refractivity contribution is 0.899. The highest BCUT2D eigenvalue weighted by Gasteiger charge is 2.10. The Morgan fingerprint density at radius 1 is 1.18 bits per heavy atom. The molecule has 0 saturated carbocycles. The molecule has 0 aliphatic carbocycles. The largest absolute Gasteiger partial charge is 0.378 e. The van der Waals surface area contributed by atoms with E-state index < -0.39 is 0 Å². The van der Waals surface area contributed by atoms with Gasteiger partial charge < -0.3 is 5.32 Å². The zero-order valence-electron chi connectivity index (χ0n) is 9.63. The van der Waals surface area contributed by atoms with E-state index in [2.05, 4.69) is 30.6 Å². The molecule has 1 unspecified atom stereocenters. The van der Waals surface area contributed by atoms with Crippen LogP contribution in [0.1, 0.15) is 23.4 Å². The first-order chi connectivity index (χ1) is 8.08. The fourth-order valence-corrected chi connectivity index (χ4v) is 2.96. The van der Waals surface area contributed by atoms with E-state index in [-0.39, 0.29) is 6.04 Å². The van der Waals surface area contributed by atoms with Gasteiger partial charge in [-0.15, -0.1) is 11.3 Å². The van der Waals surface area contributed by atoms with Crippen LogP contribution in [0.3, 0.4) is 0 Å². The number of hydrogen-bond acceptors (Lipinski definition) is 2. The molecule has 0 aliphatic rings. The van der Waals surface area contributed by atoms with Gasteiger partial charge in [-0.05, 0) is 49.1 Å². The minimum absolute atomic E-state index is 0.271. The SMILES string of the molecule is Cc1ccsc1C(C)Nc1ccc(Cl)c(Cl)c1. The van der Waals surface area contributed by atoms with E-state index in [4.69, 9.17) is 23.2 Å². The molecule has 0 aliphatic heterocycles. The number of benzene rings is 1. The number of aryl methyl sites for hydroxylation is 1.